The van der Waals surface area contributed by atoms with Crippen LogP contribution >= 0.6 is 0 Å². The average molecular weight is 360 g/mol. The Bertz CT molecular complexity index is 953. The van der Waals surface area contributed by atoms with E-state index in [0.29, 0.717) is 12.3 Å². The number of rotatable bonds is 6. The number of hydrogen-bond acceptors (Lipinski definition) is 3. The van der Waals surface area contributed by atoms with E-state index in [1.54, 1.807) is 0 Å². The Morgan fingerprint density at radius 2 is 1.96 bits per heavy atom. The molecule has 0 fully saturated rings. The third kappa shape index (κ3) is 4.50. The summed E-state index contributed by atoms with van der Waals surface area (Å²) in [6, 6.07) is 18.1. The molecule has 138 valence electrons. The lowest BCUT2D eigenvalue weighted by molar-refractivity contribution is -0.108. The van der Waals surface area contributed by atoms with Crippen LogP contribution in [0.2, 0.25) is 0 Å². The number of carbonyl (C=O) groups is 1. The van der Waals surface area contributed by atoms with Gasteiger partial charge in [-0.25, -0.2) is 4.98 Å². The van der Waals surface area contributed by atoms with Crippen molar-refractivity contribution in [3.63, 3.8) is 0 Å². The summed E-state index contributed by atoms with van der Waals surface area (Å²) < 4.78 is 0. The molecule has 0 radical (unpaired) electrons. The number of benzene rings is 2. The lowest BCUT2D eigenvalue weighted by Crippen LogP contribution is -2.28. The highest BCUT2D eigenvalue weighted by atomic mass is 16.1. The van der Waals surface area contributed by atoms with Crippen LogP contribution in [0.15, 0.2) is 54.6 Å². The largest absolute Gasteiger partial charge is 0.325 e. The van der Waals surface area contributed by atoms with E-state index in [1.807, 2.05) is 42.5 Å². The summed E-state index contributed by atoms with van der Waals surface area (Å²) in [6.07, 6.45) is 2.63. The molecule has 2 aromatic carbocycles. The van der Waals surface area contributed by atoms with Crippen LogP contribution < -0.4 is 10.6 Å². The highest BCUT2D eigenvalue weighted by Gasteiger charge is 2.11. The van der Waals surface area contributed by atoms with Gasteiger partial charge in [-0.05, 0) is 30.0 Å². The van der Waals surface area contributed by atoms with Crippen molar-refractivity contribution < 1.29 is 4.79 Å². The van der Waals surface area contributed by atoms with Gasteiger partial charge in [-0.1, -0.05) is 62.7 Å². The van der Waals surface area contributed by atoms with Gasteiger partial charge in [0.2, 0.25) is 6.41 Å². The van der Waals surface area contributed by atoms with E-state index in [2.05, 4.69) is 36.6 Å². The van der Waals surface area contributed by atoms with Crippen molar-refractivity contribution in [1.29, 1.82) is 5.41 Å². The lowest BCUT2D eigenvalue weighted by Gasteiger charge is -2.14. The van der Waals surface area contributed by atoms with Crippen molar-refractivity contribution in [1.82, 2.24) is 10.3 Å². The lowest BCUT2D eigenvalue weighted by atomic mass is 9.97. The van der Waals surface area contributed by atoms with Gasteiger partial charge in [0.1, 0.15) is 0 Å². The Morgan fingerprint density at radius 3 is 2.67 bits per heavy atom. The molecule has 0 saturated carbocycles. The number of pyridine rings is 1. The summed E-state index contributed by atoms with van der Waals surface area (Å²) in [5, 5.41) is 14.1. The van der Waals surface area contributed by atoms with E-state index in [1.165, 1.54) is 5.56 Å². The van der Waals surface area contributed by atoms with Crippen LogP contribution in [0.4, 0.5) is 5.69 Å². The zero-order chi connectivity index (χ0) is 19.2. The van der Waals surface area contributed by atoms with Gasteiger partial charge in [0.15, 0.2) is 5.96 Å². The monoisotopic (exact) mass is 360 g/mol. The van der Waals surface area contributed by atoms with Crippen molar-refractivity contribution in [2.24, 2.45) is 5.92 Å². The number of hydrogen-bond donors (Lipinski definition) is 3. The number of aromatic nitrogens is 1. The number of nitrogens with zero attached hydrogens (tertiary/aromatic N) is 1. The molecule has 5 nitrogen and oxygen atoms in total. The SMILES string of the molecule is CCC(C)Cc1ccc2c(NC(=N)NC=O)cc(-c3ccccc3)nc2c1. The van der Waals surface area contributed by atoms with Crippen molar-refractivity contribution in [2.75, 3.05) is 5.32 Å². The molecule has 0 aliphatic carbocycles. The van der Waals surface area contributed by atoms with E-state index in [0.717, 1.165) is 40.7 Å². The standard InChI is InChI=1S/C22H24N4O/c1-3-15(2)11-16-9-10-18-20(12-16)25-19(17-7-5-4-6-8-17)13-21(18)26-22(23)24-14-27/h4-10,12-15H,3,11H2,1-2H3,(H3,23,24,25,26,27). The predicted octanol–water partition coefficient (Wildman–Crippen LogP) is 4.58. The number of fused-ring (bicyclic) bond motifs is 1. The Labute approximate surface area is 159 Å². The molecule has 1 amide bonds. The first kappa shape index (κ1) is 18.6. The van der Waals surface area contributed by atoms with Gasteiger partial charge in [0.05, 0.1) is 16.9 Å². The molecule has 0 bridgehead atoms. The molecule has 1 unspecified atom stereocenters. The van der Waals surface area contributed by atoms with E-state index >= 15 is 0 Å². The molecule has 1 atom stereocenters. The maximum Gasteiger partial charge on any atom is 0.213 e. The Hall–Kier alpha value is -3.21. The van der Waals surface area contributed by atoms with Crippen LogP contribution in [-0.2, 0) is 11.2 Å². The highest BCUT2D eigenvalue weighted by molar-refractivity contribution is 6.04. The molecule has 3 rings (SSSR count). The molecule has 5 heteroatoms. The van der Waals surface area contributed by atoms with Crippen molar-refractivity contribution >= 4 is 29.0 Å². The second-order valence-electron chi connectivity index (χ2n) is 6.75. The van der Waals surface area contributed by atoms with Crippen molar-refractivity contribution in [3.8, 4) is 11.3 Å². The fourth-order valence-corrected chi connectivity index (χ4v) is 3.04. The first-order chi connectivity index (χ1) is 13.1. The molecule has 3 N–H and O–H groups in total. The van der Waals surface area contributed by atoms with Crippen LogP contribution in [0.5, 0.6) is 0 Å². The molecular formula is C22H24N4O. The van der Waals surface area contributed by atoms with Gasteiger partial charge in [-0.2, -0.15) is 0 Å². The van der Waals surface area contributed by atoms with Crippen LogP contribution in [-0.4, -0.2) is 17.4 Å². The quantitative estimate of drug-likeness (QED) is 0.342. The van der Waals surface area contributed by atoms with E-state index < -0.39 is 0 Å². The van der Waals surface area contributed by atoms with E-state index in [9.17, 15) is 4.79 Å². The molecule has 0 aliphatic heterocycles. The number of guanidine groups is 1. The van der Waals surface area contributed by atoms with Crippen LogP contribution in [0, 0.1) is 11.3 Å². The smallest absolute Gasteiger partial charge is 0.213 e. The third-order valence-electron chi connectivity index (χ3n) is 4.69. The van der Waals surface area contributed by atoms with Crippen molar-refractivity contribution in [2.45, 2.75) is 26.7 Å². The average Bonchev–Trinajstić information content (AvgIpc) is 2.68. The summed E-state index contributed by atoms with van der Waals surface area (Å²) >= 11 is 0. The molecule has 0 aliphatic rings. The highest BCUT2D eigenvalue weighted by Crippen LogP contribution is 2.29. The Balaban J connectivity index is 2.09. The molecule has 1 aromatic heterocycles. The molecule has 1 heterocycles. The summed E-state index contributed by atoms with van der Waals surface area (Å²) in [4.78, 5) is 15.5. The molecule has 27 heavy (non-hydrogen) atoms. The van der Waals surface area contributed by atoms with Gasteiger partial charge < -0.3 is 5.32 Å². The summed E-state index contributed by atoms with van der Waals surface area (Å²) in [7, 11) is 0. The molecular weight excluding hydrogens is 336 g/mol. The van der Waals surface area contributed by atoms with Crippen LogP contribution in [0.25, 0.3) is 22.2 Å². The zero-order valence-corrected chi connectivity index (χ0v) is 15.6. The minimum atomic E-state index is -0.0693. The summed E-state index contributed by atoms with van der Waals surface area (Å²) in [6.45, 7) is 4.45. The van der Waals surface area contributed by atoms with Gasteiger partial charge in [-0.3, -0.25) is 15.5 Å². The van der Waals surface area contributed by atoms with Gasteiger partial charge in [-0.15, -0.1) is 0 Å². The number of amides is 1. The minimum absolute atomic E-state index is 0.0693. The van der Waals surface area contributed by atoms with Crippen LogP contribution in [0.3, 0.4) is 0 Å². The molecule has 0 saturated heterocycles. The second kappa shape index (κ2) is 8.45. The van der Waals surface area contributed by atoms with Crippen LogP contribution in [0.1, 0.15) is 25.8 Å². The van der Waals surface area contributed by atoms with Gasteiger partial charge >= 0.3 is 0 Å². The molecule has 0 spiro atoms. The minimum Gasteiger partial charge on any atom is -0.325 e. The Kier molecular flexibility index (Phi) is 5.81. The third-order valence-corrected chi connectivity index (χ3v) is 4.69. The fraction of sp³-hybridized carbons (Fsp3) is 0.227. The molecule has 3 aromatic rings. The summed E-state index contributed by atoms with van der Waals surface area (Å²) in [5.41, 5.74) is 4.70. The number of carbonyl (C=O) groups excluding carboxylic acids is 1. The topological polar surface area (TPSA) is 77.9 Å². The zero-order valence-electron chi connectivity index (χ0n) is 15.6. The summed E-state index contributed by atoms with van der Waals surface area (Å²) in [5.74, 6) is 0.544. The second-order valence-corrected chi connectivity index (χ2v) is 6.75. The van der Waals surface area contributed by atoms with Gasteiger partial charge in [0, 0.05) is 10.9 Å². The number of anilines is 1. The van der Waals surface area contributed by atoms with E-state index in [4.69, 9.17) is 10.4 Å². The first-order valence-corrected chi connectivity index (χ1v) is 9.15. The Morgan fingerprint density at radius 1 is 1.19 bits per heavy atom. The predicted molar refractivity (Wildman–Crippen MR) is 111 cm³/mol. The normalized spacial score (nSPS) is 11.8. The first-order valence-electron chi connectivity index (χ1n) is 9.15. The van der Waals surface area contributed by atoms with Crippen molar-refractivity contribution in [3.05, 3.63) is 60.2 Å². The maximum atomic E-state index is 10.6. The fourth-order valence-electron chi connectivity index (χ4n) is 3.04. The maximum absolute atomic E-state index is 10.6. The number of nitrogens with one attached hydrogen (secondary N) is 3. The van der Waals surface area contributed by atoms with Gasteiger partial charge in [0.25, 0.3) is 0 Å². The van der Waals surface area contributed by atoms with E-state index in [-0.39, 0.29) is 5.96 Å².